The van der Waals surface area contributed by atoms with Gasteiger partial charge in [0, 0.05) is 0 Å². The molecular weight excluding hydrogens is 390 g/mol. The lowest BCUT2D eigenvalue weighted by Crippen LogP contribution is -2.05. The molecule has 0 fully saturated rings. The van der Waals surface area contributed by atoms with E-state index >= 15 is 0 Å². The molecule has 0 aliphatic carbocycles. The molecule has 7 nitrogen and oxygen atoms in total. The van der Waals surface area contributed by atoms with Crippen molar-refractivity contribution in [3.8, 4) is 34.4 Å². The molecule has 3 rings (SSSR count). The van der Waals surface area contributed by atoms with Gasteiger partial charge in [0.05, 0.1) is 33.4 Å². The SMILES string of the molecule is COc1cc(Cn2c(-c3cc(C(C)C)ccc3O)n[nH]c2=S)cc(OC)c1OC. The van der Waals surface area contributed by atoms with Crippen molar-refractivity contribution in [1.82, 2.24) is 14.8 Å². The predicted octanol–water partition coefficient (Wildman–Crippen LogP) is 4.51. The Morgan fingerprint density at radius 3 is 2.28 bits per heavy atom. The van der Waals surface area contributed by atoms with Crippen molar-refractivity contribution in [2.24, 2.45) is 0 Å². The molecule has 0 unspecified atom stereocenters. The molecule has 0 atom stereocenters. The van der Waals surface area contributed by atoms with Gasteiger partial charge in [-0.05, 0) is 53.5 Å². The van der Waals surface area contributed by atoms with E-state index in [9.17, 15) is 5.11 Å². The summed E-state index contributed by atoms with van der Waals surface area (Å²) in [5.74, 6) is 2.67. The highest BCUT2D eigenvalue weighted by Gasteiger charge is 2.18. The number of benzene rings is 2. The lowest BCUT2D eigenvalue weighted by atomic mass is 10.00. The van der Waals surface area contributed by atoms with E-state index < -0.39 is 0 Å². The first kappa shape index (κ1) is 20.7. The number of aromatic hydroxyl groups is 1. The summed E-state index contributed by atoms with van der Waals surface area (Å²) in [5.41, 5.74) is 2.61. The summed E-state index contributed by atoms with van der Waals surface area (Å²) in [4.78, 5) is 0. The molecule has 154 valence electrons. The Morgan fingerprint density at radius 2 is 1.72 bits per heavy atom. The number of aromatic amines is 1. The highest BCUT2D eigenvalue weighted by Crippen LogP contribution is 2.39. The first-order valence-electron chi connectivity index (χ1n) is 9.17. The lowest BCUT2D eigenvalue weighted by Gasteiger charge is -2.15. The zero-order valence-corrected chi connectivity index (χ0v) is 18.0. The third kappa shape index (κ3) is 4.07. The van der Waals surface area contributed by atoms with Crippen LogP contribution < -0.4 is 14.2 Å². The quantitative estimate of drug-likeness (QED) is 0.553. The average molecular weight is 416 g/mol. The zero-order chi connectivity index (χ0) is 21.1. The molecule has 1 aromatic heterocycles. The van der Waals surface area contributed by atoms with Crippen LogP contribution in [0.3, 0.4) is 0 Å². The van der Waals surface area contributed by atoms with Gasteiger partial charge in [0.1, 0.15) is 5.75 Å². The van der Waals surface area contributed by atoms with Crippen LogP contribution in [0.15, 0.2) is 30.3 Å². The van der Waals surface area contributed by atoms with Gasteiger partial charge in [0.15, 0.2) is 22.1 Å². The number of hydrogen-bond acceptors (Lipinski definition) is 6. The topological polar surface area (TPSA) is 81.5 Å². The monoisotopic (exact) mass is 415 g/mol. The standard InChI is InChI=1S/C21H25N3O4S/c1-12(2)14-6-7-16(25)15(10-14)20-22-23-21(29)24(20)11-13-8-17(26-3)19(28-5)18(9-13)27-4/h6-10,12,25H,11H2,1-5H3,(H,23,29). The van der Waals surface area contributed by atoms with Crippen LogP contribution in [0.5, 0.6) is 23.0 Å². The number of phenolic OH excluding ortho intramolecular Hbond substituents is 1. The molecule has 0 amide bonds. The van der Waals surface area contributed by atoms with E-state index in [-0.39, 0.29) is 5.75 Å². The van der Waals surface area contributed by atoms with Crippen molar-refractivity contribution in [1.29, 1.82) is 0 Å². The average Bonchev–Trinajstić information content (AvgIpc) is 3.07. The second-order valence-electron chi connectivity index (χ2n) is 6.90. The van der Waals surface area contributed by atoms with E-state index in [1.54, 1.807) is 27.4 Å². The van der Waals surface area contributed by atoms with E-state index in [0.29, 0.717) is 45.9 Å². The molecule has 29 heavy (non-hydrogen) atoms. The van der Waals surface area contributed by atoms with Gasteiger partial charge in [-0.25, -0.2) is 0 Å². The van der Waals surface area contributed by atoms with Gasteiger partial charge < -0.3 is 19.3 Å². The van der Waals surface area contributed by atoms with E-state index in [0.717, 1.165) is 11.1 Å². The number of aromatic nitrogens is 3. The fraction of sp³-hybridized carbons (Fsp3) is 0.333. The summed E-state index contributed by atoms with van der Waals surface area (Å²) in [6.45, 7) is 4.61. The Labute approximate surface area is 174 Å². The van der Waals surface area contributed by atoms with Crippen molar-refractivity contribution in [2.45, 2.75) is 26.3 Å². The van der Waals surface area contributed by atoms with Crippen LogP contribution >= 0.6 is 12.2 Å². The molecule has 1 heterocycles. The molecule has 0 spiro atoms. The fourth-order valence-corrected chi connectivity index (χ4v) is 3.37. The van der Waals surface area contributed by atoms with Gasteiger partial charge in [0.25, 0.3) is 0 Å². The van der Waals surface area contributed by atoms with Crippen molar-refractivity contribution in [2.75, 3.05) is 21.3 Å². The molecule has 2 N–H and O–H groups in total. The van der Waals surface area contributed by atoms with Gasteiger partial charge in [-0.3, -0.25) is 9.67 Å². The number of ether oxygens (including phenoxy) is 3. The van der Waals surface area contributed by atoms with E-state index in [1.165, 1.54) is 0 Å². The van der Waals surface area contributed by atoms with Crippen LogP contribution in [0.2, 0.25) is 0 Å². The molecule has 0 aliphatic heterocycles. The Bertz CT molecular complexity index is 1050. The second kappa shape index (κ2) is 8.57. The number of nitrogens with one attached hydrogen (secondary N) is 1. The minimum Gasteiger partial charge on any atom is -0.507 e. The summed E-state index contributed by atoms with van der Waals surface area (Å²) < 4.78 is 18.5. The minimum atomic E-state index is 0.148. The Hall–Kier alpha value is -3.00. The van der Waals surface area contributed by atoms with Gasteiger partial charge >= 0.3 is 0 Å². The number of methoxy groups -OCH3 is 3. The third-order valence-electron chi connectivity index (χ3n) is 4.75. The summed E-state index contributed by atoms with van der Waals surface area (Å²) in [6.07, 6.45) is 0. The molecule has 2 aromatic carbocycles. The van der Waals surface area contributed by atoms with Crippen LogP contribution in [-0.2, 0) is 6.54 Å². The van der Waals surface area contributed by atoms with E-state index in [2.05, 4.69) is 24.0 Å². The molecule has 0 saturated heterocycles. The molecular formula is C21H25N3O4S. The van der Waals surface area contributed by atoms with Crippen LogP contribution in [0.4, 0.5) is 0 Å². The van der Waals surface area contributed by atoms with Crippen molar-refractivity contribution < 1.29 is 19.3 Å². The fourth-order valence-electron chi connectivity index (χ4n) is 3.17. The number of nitrogens with zero attached hydrogens (tertiary/aromatic N) is 2. The zero-order valence-electron chi connectivity index (χ0n) is 17.1. The first-order chi connectivity index (χ1) is 13.9. The number of rotatable bonds is 7. The molecule has 0 saturated carbocycles. The van der Waals surface area contributed by atoms with Crippen molar-refractivity contribution >= 4 is 12.2 Å². The highest BCUT2D eigenvalue weighted by atomic mass is 32.1. The number of phenols is 1. The summed E-state index contributed by atoms with van der Waals surface area (Å²) >= 11 is 5.45. The maximum absolute atomic E-state index is 10.4. The number of hydrogen-bond donors (Lipinski definition) is 2. The molecule has 0 aliphatic rings. The first-order valence-corrected chi connectivity index (χ1v) is 9.57. The van der Waals surface area contributed by atoms with Crippen LogP contribution in [0.25, 0.3) is 11.4 Å². The van der Waals surface area contributed by atoms with Crippen LogP contribution in [-0.4, -0.2) is 41.2 Å². The van der Waals surface area contributed by atoms with Gasteiger partial charge in [-0.1, -0.05) is 19.9 Å². The molecule has 8 heteroatoms. The van der Waals surface area contributed by atoms with E-state index in [1.807, 2.05) is 28.8 Å². The van der Waals surface area contributed by atoms with Gasteiger partial charge in [-0.2, -0.15) is 5.10 Å². The Kier molecular flexibility index (Phi) is 6.12. The molecule has 0 bridgehead atoms. The smallest absolute Gasteiger partial charge is 0.203 e. The largest absolute Gasteiger partial charge is 0.507 e. The van der Waals surface area contributed by atoms with Crippen molar-refractivity contribution in [3.05, 3.63) is 46.2 Å². The Morgan fingerprint density at radius 1 is 1.07 bits per heavy atom. The minimum absolute atomic E-state index is 0.148. The second-order valence-corrected chi connectivity index (χ2v) is 7.29. The third-order valence-corrected chi connectivity index (χ3v) is 5.06. The maximum atomic E-state index is 10.4. The molecule has 3 aromatic rings. The van der Waals surface area contributed by atoms with E-state index in [4.69, 9.17) is 26.4 Å². The number of H-pyrrole nitrogens is 1. The Balaban J connectivity index is 2.09. The van der Waals surface area contributed by atoms with Gasteiger partial charge in [-0.15, -0.1) is 0 Å². The van der Waals surface area contributed by atoms with Crippen LogP contribution in [0.1, 0.15) is 30.9 Å². The normalized spacial score (nSPS) is 11.0. The predicted molar refractivity (Wildman–Crippen MR) is 114 cm³/mol. The molecule has 0 radical (unpaired) electrons. The lowest BCUT2D eigenvalue weighted by molar-refractivity contribution is 0.323. The summed E-state index contributed by atoms with van der Waals surface area (Å²) in [5, 5.41) is 17.6. The van der Waals surface area contributed by atoms with Crippen LogP contribution in [0, 0.1) is 4.77 Å². The highest BCUT2D eigenvalue weighted by molar-refractivity contribution is 7.71. The maximum Gasteiger partial charge on any atom is 0.203 e. The summed E-state index contributed by atoms with van der Waals surface area (Å²) in [6, 6.07) is 9.27. The van der Waals surface area contributed by atoms with Gasteiger partial charge in [0.2, 0.25) is 5.75 Å². The van der Waals surface area contributed by atoms with Crippen molar-refractivity contribution in [3.63, 3.8) is 0 Å². The summed E-state index contributed by atoms with van der Waals surface area (Å²) in [7, 11) is 4.71.